The van der Waals surface area contributed by atoms with E-state index in [0.29, 0.717) is 11.3 Å². The third-order valence-electron chi connectivity index (χ3n) is 1.90. The molecule has 0 unspecified atom stereocenters. The molecule has 1 heterocycles. The Kier molecular flexibility index (Phi) is 5.61. The van der Waals surface area contributed by atoms with Gasteiger partial charge in [-0.15, -0.1) is 11.3 Å². The fourth-order valence-corrected chi connectivity index (χ4v) is 2.01. The maximum Gasteiger partial charge on any atom is 0.426 e. The third-order valence-corrected chi connectivity index (χ3v) is 3.03. The zero-order chi connectivity index (χ0) is 14.3. The zero-order valence-electron chi connectivity index (χ0n) is 9.97. The van der Waals surface area contributed by atoms with E-state index in [2.05, 4.69) is 4.74 Å². The molecule has 0 aromatic carbocycles. The van der Waals surface area contributed by atoms with Gasteiger partial charge in [-0.25, -0.2) is 25.2 Å². The average molecular weight is 288 g/mol. The molecule has 0 saturated carbocycles. The Labute approximate surface area is 112 Å². The minimum absolute atomic E-state index is 0.0637. The highest BCUT2D eigenvalue weighted by Gasteiger charge is 2.09. The summed E-state index contributed by atoms with van der Waals surface area (Å²) in [6, 6.07) is 3.35. The van der Waals surface area contributed by atoms with Gasteiger partial charge < -0.3 is 14.6 Å². The van der Waals surface area contributed by atoms with Crippen LogP contribution >= 0.6 is 11.3 Å². The van der Waals surface area contributed by atoms with Crippen LogP contribution in [0.1, 0.15) is 14.5 Å². The molecule has 0 aliphatic heterocycles. The predicted molar refractivity (Wildman–Crippen MR) is 65.0 cm³/mol. The first-order chi connectivity index (χ1) is 9.02. The van der Waals surface area contributed by atoms with Gasteiger partial charge in [-0.05, 0) is 12.1 Å². The highest BCUT2D eigenvalue weighted by molar-refractivity contribution is 7.13. The van der Waals surface area contributed by atoms with E-state index in [1.54, 1.807) is 17.6 Å². The Balaban J connectivity index is 2.29. The number of hydrogen-bond donors (Lipinski definition) is 3. The van der Waals surface area contributed by atoms with Crippen molar-refractivity contribution in [2.24, 2.45) is 0 Å². The van der Waals surface area contributed by atoms with Crippen LogP contribution in [-0.4, -0.2) is 37.0 Å². The fourth-order valence-electron chi connectivity index (χ4n) is 1.11. The van der Waals surface area contributed by atoms with Crippen molar-refractivity contribution < 1.29 is 29.0 Å². The molecule has 1 aromatic rings. The van der Waals surface area contributed by atoms with E-state index in [4.69, 9.17) is 9.84 Å². The maximum absolute atomic E-state index is 11.2. The third kappa shape index (κ3) is 5.25. The number of amides is 2. The molecule has 0 spiro atoms. The second kappa shape index (κ2) is 7.21. The normalized spacial score (nSPS) is 9.53. The van der Waals surface area contributed by atoms with E-state index in [9.17, 15) is 14.4 Å². The zero-order valence-corrected chi connectivity index (χ0v) is 10.8. The molecular weight excluding hydrogens is 276 g/mol. The first-order valence-electron chi connectivity index (χ1n) is 5.11. The molecule has 1 aromatic heterocycles. The van der Waals surface area contributed by atoms with Crippen molar-refractivity contribution >= 4 is 29.5 Å². The first-order valence-corrected chi connectivity index (χ1v) is 5.93. The number of ether oxygens (including phenoxy) is 2. The van der Waals surface area contributed by atoms with Gasteiger partial charge in [-0.3, -0.25) is 0 Å². The summed E-state index contributed by atoms with van der Waals surface area (Å²) in [6.07, 6.45) is -1.87. The molecule has 8 nitrogen and oxygen atoms in total. The SMILES string of the molecule is COC(=O)c1ccc(CCOC(=O)NNC(=O)O)s1. The maximum atomic E-state index is 11.2. The standard InChI is InChI=1S/C10H12N2O6S/c1-17-8(13)7-3-2-6(19-7)4-5-18-10(16)12-11-9(14)15/h2-3,11H,4-5H2,1H3,(H,12,16)(H,14,15). The number of carbonyl (C=O) groups is 3. The number of methoxy groups -OCH3 is 1. The van der Waals surface area contributed by atoms with E-state index in [1.165, 1.54) is 18.4 Å². The molecule has 2 amide bonds. The summed E-state index contributed by atoms with van der Waals surface area (Å²) in [5.74, 6) is -0.416. The molecule has 19 heavy (non-hydrogen) atoms. The van der Waals surface area contributed by atoms with Crippen molar-refractivity contribution in [3.05, 3.63) is 21.9 Å². The van der Waals surface area contributed by atoms with Crippen LogP contribution in [0.4, 0.5) is 9.59 Å². The van der Waals surface area contributed by atoms with Gasteiger partial charge in [-0.1, -0.05) is 0 Å². The fraction of sp³-hybridized carbons (Fsp3) is 0.300. The number of carbonyl (C=O) groups excluding carboxylic acids is 2. The Bertz CT molecular complexity index is 472. The van der Waals surface area contributed by atoms with Crippen molar-refractivity contribution in [2.45, 2.75) is 6.42 Å². The second-order valence-electron chi connectivity index (χ2n) is 3.20. The Morgan fingerprint density at radius 2 is 2.05 bits per heavy atom. The molecule has 104 valence electrons. The molecule has 0 saturated heterocycles. The predicted octanol–water partition coefficient (Wildman–Crippen LogP) is 0.986. The number of hydrogen-bond acceptors (Lipinski definition) is 6. The molecule has 0 atom stereocenters. The van der Waals surface area contributed by atoms with Gasteiger partial charge in [-0.2, -0.15) is 0 Å². The summed E-state index contributed by atoms with van der Waals surface area (Å²) in [6.45, 7) is 0.0637. The first kappa shape index (κ1) is 14.8. The minimum atomic E-state index is -1.39. The minimum Gasteiger partial charge on any atom is -0.465 e. The van der Waals surface area contributed by atoms with E-state index < -0.39 is 18.2 Å². The van der Waals surface area contributed by atoms with E-state index in [0.717, 1.165) is 4.88 Å². The highest BCUT2D eigenvalue weighted by Crippen LogP contribution is 2.17. The van der Waals surface area contributed by atoms with Crippen molar-refractivity contribution in [3.8, 4) is 0 Å². The smallest absolute Gasteiger partial charge is 0.426 e. The molecule has 0 fully saturated rings. The van der Waals surface area contributed by atoms with Crippen LogP contribution in [0.25, 0.3) is 0 Å². The van der Waals surface area contributed by atoms with Crippen LogP contribution in [0.3, 0.4) is 0 Å². The number of rotatable bonds is 4. The van der Waals surface area contributed by atoms with Crippen molar-refractivity contribution in [3.63, 3.8) is 0 Å². The lowest BCUT2D eigenvalue weighted by Crippen LogP contribution is -2.41. The lowest BCUT2D eigenvalue weighted by Gasteiger charge is -2.05. The Morgan fingerprint density at radius 1 is 1.32 bits per heavy atom. The van der Waals surface area contributed by atoms with Crippen molar-refractivity contribution in [1.82, 2.24) is 10.9 Å². The van der Waals surface area contributed by atoms with Gasteiger partial charge in [0, 0.05) is 11.3 Å². The van der Waals surface area contributed by atoms with Crippen LogP contribution in [-0.2, 0) is 15.9 Å². The molecule has 0 aliphatic carbocycles. The van der Waals surface area contributed by atoms with Gasteiger partial charge in [0.1, 0.15) is 4.88 Å². The molecule has 3 N–H and O–H groups in total. The van der Waals surface area contributed by atoms with Crippen molar-refractivity contribution in [2.75, 3.05) is 13.7 Å². The summed E-state index contributed by atoms with van der Waals surface area (Å²) in [4.78, 5) is 33.5. The van der Waals surface area contributed by atoms with Crippen LogP contribution in [0.5, 0.6) is 0 Å². The molecule has 0 aliphatic rings. The number of esters is 1. The quantitative estimate of drug-likeness (QED) is 0.562. The Morgan fingerprint density at radius 3 is 2.68 bits per heavy atom. The number of hydrazine groups is 1. The van der Waals surface area contributed by atoms with Gasteiger partial charge in [0.25, 0.3) is 0 Å². The summed E-state index contributed by atoms with van der Waals surface area (Å²) in [7, 11) is 1.30. The van der Waals surface area contributed by atoms with Gasteiger partial charge >= 0.3 is 18.2 Å². The summed E-state index contributed by atoms with van der Waals surface area (Å²) >= 11 is 1.24. The number of thiophene rings is 1. The lowest BCUT2D eigenvalue weighted by molar-refractivity contribution is 0.0606. The van der Waals surface area contributed by atoms with Crippen LogP contribution < -0.4 is 10.9 Å². The number of nitrogens with one attached hydrogen (secondary N) is 2. The van der Waals surface area contributed by atoms with E-state index in [1.807, 2.05) is 5.43 Å². The average Bonchev–Trinajstić information content (AvgIpc) is 2.84. The largest absolute Gasteiger partial charge is 0.465 e. The molecule has 1 rings (SSSR count). The molecule has 0 bridgehead atoms. The van der Waals surface area contributed by atoms with E-state index >= 15 is 0 Å². The van der Waals surface area contributed by atoms with Crippen LogP contribution in [0.15, 0.2) is 12.1 Å². The lowest BCUT2D eigenvalue weighted by atomic mass is 10.3. The topological polar surface area (TPSA) is 114 Å². The van der Waals surface area contributed by atoms with Gasteiger partial charge in [0.05, 0.1) is 13.7 Å². The van der Waals surface area contributed by atoms with Gasteiger partial charge in [0.2, 0.25) is 0 Å². The molecular formula is C10H12N2O6S. The van der Waals surface area contributed by atoms with Crippen LogP contribution in [0, 0.1) is 0 Å². The molecule has 0 radical (unpaired) electrons. The van der Waals surface area contributed by atoms with Crippen molar-refractivity contribution in [1.29, 1.82) is 0 Å². The van der Waals surface area contributed by atoms with Gasteiger partial charge in [0.15, 0.2) is 0 Å². The summed E-state index contributed by atoms with van der Waals surface area (Å²) in [5.41, 5.74) is 3.47. The summed E-state index contributed by atoms with van der Waals surface area (Å²) < 4.78 is 9.27. The van der Waals surface area contributed by atoms with Crippen LogP contribution in [0.2, 0.25) is 0 Å². The second-order valence-corrected chi connectivity index (χ2v) is 4.37. The highest BCUT2D eigenvalue weighted by atomic mass is 32.1. The monoisotopic (exact) mass is 288 g/mol. The van der Waals surface area contributed by atoms with E-state index in [-0.39, 0.29) is 6.61 Å². The molecule has 9 heteroatoms. The number of carboxylic acid groups (broad SMARTS) is 1. The summed E-state index contributed by atoms with van der Waals surface area (Å²) in [5, 5.41) is 8.22. The Hall–Kier alpha value is -2.29.